The minimum Gasteiger partial charge on any atom is -0.495 e. The number of hydrogen-bond acceptors (Lipinski definition) is 3. The molecule has 2 amide bonds. The summed E-state index contributed by atoms with van der Waals surface area (Å²) in [7, 11) is 1.56. The Kier molecular flexibility index (Phi) is 6.80. The molecule has 22 heavy (non-hydrogen) atoms. The van der Waals surface area contributed by atoms with Crippen molar-refractivity contribution < 1.29 is 9.53 Å². The summed E-state index contributed by atoms with van der Waals surface area (Å²) in [5.41, 5.74) is 0.574. The van der Waals surface area contributed by atoms with Crippen LogP contribution in [0.1, 0.15) is 25.7 Å². The van der Waals surface area contributed by atoms with Crippen LogP contribution >= 0.6 is 11.6 Å². The number of nitrogens with zero attached hydrogens (tertiary/aromatic N) is 1. The molecule has 122 valence electrons. The van der Waals surface area contributed by atoms with Gasteiger partial charge in [-0.05, 0) is 63.5 Å². The molecule has 0 radical (unpaired) electrons. The Morgan fingerprint density at radius 2 is 2.09 bits per heavy atom. The molecule has 0 spiro atoms. The Labute approximate surface area is 137 Å². The highest BCUT2D eigenvalue weighted by atomic mass is 35.5. The van der Waals surface area contributed by atoms with Gasteiger partial charge in [-0.2, -0.15) is 0 Å². The summed E-state index contributed by atoms with van der Waals surface area (Å²) in [5.74, 6) is 0.591. The largest absolute Gasteiger partial charge is 0.495 e. The Bertz CT molecular complexity index is 490. The van der Waals surface area contributed by atoms with Crippen LogP contribution in [-0.2, 0) is 0 Å². The van der Waals surface area contributed by atoms with Gasteiger partial charge < -0.3 is 20.3 Å². The summed E-state index contributed by atoms with van der Waals surface area (Å²) < 4.78 is 5.19. The average Bonchev–Trinajstić information content (AvgIpc) is 3.00. The van der Waals surface area contributed by atoms with E-state index in [4.69, 9.17) is 16.3 Å². The number of halogens is 1. The topological polar surface area (TPSA) is 53.6 Å². The normalized spacial score (nSPS) is 14.8. The molecule has 1 fully saturated rings. The number of unbranched alkanes of at least 4 members (excludes halogenated alkanes) is 1. The van der Waals surface area contributed by atoms with E-state index in [9.17, 15) is 4.79 Å². The van der Waals surface area contributed by atoms with Gasteiger partial charge in [0.25, 0.3) is 0 Å². The molecule has 0 aromatic heterocycles. The summed E-state index contributed by atoms with van der Waals surface area (Å²) in [5, 5.41) is 6.18. The van der Waals surface area contributed by atoms with Crippen molar-refractivity contribution >= 4 is 23.3 Å². The second kappa shape index (κ2) is 8.86. The van der Waals surface area contributed by atoms with Crippen molar-refractivity contribution in [3.63, 3.8) is 0 Å². The van der Waals surface area contributed by atoms with Crippen molar-refractivity contribution in [1.82, 2.24) is 10.2 Å². The van der Waals surface area contributed by atoms with E-state index in [-0.39, 0.29) is 6.03 Å². The van der Waals surface area contributed by atoms with Crippen LogP contribution in [0, 0.1) is 0 Å². The zero-order valence-corrected chi connectivity index (χ0v) is 13.8. The minimum atomic E-state index is -0.235. The number of urea groups is 1. The fourth-order valence-electron chi connectivity index (χ4n) is 2.61. The van der Waals surface area contributed by atoms with E-state index < -0.39 is 0 Å². The molecular weight excluding hydrogens is 302 g/mol. The maximum atomic E-state index is 11.9. The quantitative estimate of drug-likeness (QED) is 0.756. The molecule has 1 saturated heterocycles. The SMILES string of the molecule is COc1ccc(Cl)cc1NC(=O)NCCCCN1CCCC1. The van der Waals surface area contributed by atoms with Gasteiger partial charge in [-0.1, -0.05) is 11.6 Å². The predicted octanol–water partition coefficient (Wildman–Crippen LogP) is 3.35. The maximum Gasteiger partial charge on any atom is 0.319 e. The molecule has 0 saturated carbocycles. The summed E-state index contributed by atoms with van der Waals surface area (Å²) in [4.78, 5) is 14.4. The third-order valence-corrected chi connectivity index (χ3v) is 4.03. The number of ether oxygens (including phenoxy) is 1. The van der Waals surface area contributed by atoms with Gasteiger partial charge in [-0.15, -0.1) is 0 Å². The number of methoxy groups -OCH3 is 1. The highest BCUT2D eigenvalue weighted by molar-refractivity contribution is 6.31. The second-order valence-electron chi connectivity index (χ2n) is 5.48. The van der Waals surface area contributed by atoms with Gasteiger partial charge in [-0.25, -0.2) is 4.79 Å². The molecule has 1 aliphatic rings. The van der Waals surface area contributed by atoms with Crippen molar-refractivity contribution in [3.05, 3.63) is 23.2 Å². The first kappa shape index (κ1) is 16.9. The molecule has 1 aromatic carbocycles. The van der Waals surface area contributed by atoms with E-state index in [2.05, 4.69) is 15.5 Å². The Morgan fingerprint density at radius 1 is 1.32 bits per heavy atom. The summed E-state index contributed by atoms with van der Waals surface area (Å²) in [6.07, 6.45) is 4.74. The first-order chi connectivity index (χ1) is 10.7. The fourth-order valence-corrected chi connectivity index (χ4v) is 2.79. The van der Waals surface area contributed by atoms with Crippen LogP contribution in [-0.4, -0.2) is 44.2 Å². The van der Waals surface area contributed by atoms with Crippen LogP contribution in [0.25, 0.3) is 0 Å². The van der Waals surface area contributed by atoms with E-state index in [1.54, 1.807) is 25.3 Å². The van der Waals surface area contributed by atoms with Gasteiger partial charge in [0.1, 0.15) is 5.75 Å². The zero-order valence-electron chi connectivity index (χ0n) is 13.0. The predicted molar refractivity (Wildman–Crippen MR) is 89.9 cm³/mol. The Balaban J connectivity index is 1.66. The van der Waals surface area contributed by atoms with E-state index in [0.717, 1.165) is 19.4 Å². The standard InChI is InChI=1S/C16H24ClN3O2/c1-22-15-7-6-13(17)12-14(15)19-16(21)18-8-2-3-9-20-10-4-5-11-20/h6-7,12H,2-5,8-11H2,1H3,(H2,18,19,21). The molecule has 1 aliphatic heterocycles. The van der Waals surface area contributed by atoms with Crippen LogP contribution in [0.3, 0.4) is 0 Å². The number of rotatable bonds is 7. The summed E-state index contributed by atoms with van der Waals surface area (Å²) in [6, 6.07) is 4.89. The Hall–Kier alpha value is -1.46. The molecule has 0 aliphatic carbocycles. The number of hydrogen-bond donors (Lipinski definition) is 2. The van der Waals surface area contributed by atoms with Gasteiger partial charge >= 0.3 is 6.03 Å². The van der Waals surface area contributed by atoms with Crippen molar-refractivity contribution in [2.75, 3.05) is 38.6 Å². The van der Waals surface area contributed by atoms with Crippen LogP contribution in [0.2, 0.25) is 5.02 Å². The number of nitrogens with one attached hydrogen (secondary N) is 2. The first-order valence-corrected chi connectivity index (χ1v) is 8.17. The summed E-state index contributed by atoms with van der Waals surface area (Å²) >= 11 is 5.93. The minimum absolute atomic E-state index is 0.235. The van der Waals surface area contributed by atoms with E-state index in [1.807, 2.05) is 0 Å². The lowest BCUT2D eigenvalue weighted by Gasteiger charge is -2.14. The number of amides is 2. The Morgan fingerprint density at radius 3 is 2.82 bits per heavy atom. The number of anilines is 1. The van der Waals surface area contributed by atoms with E-state index in [1.165, 1.54) is 25.9 Å². The molecule has 2 N–H and O–H groups in total. The van der Waals surface area contributed by atoms with E-state index >= 15 is 0 Å². The van der Waals surface area contributed by atoms with Crippen molar-refractivity contribution in [2.45, 2.75) is 25.7 Å². The second-order valence-corrected chi connectivity index (χ2v) is 5.92. The van der Waals surface area contributed by atoms with Gasteiger partial charge in [0, 0.05) is 11.6 Å². The highest BCUT2D eigenvalue weighted by Crippen LogP contribution is 2.27. The van der Waals surface area contributed by atoms with Crippen LogP contribution in [0.15, 0.2) is 18.2 Å². The summed E-state index contributed by atoms with van der Waals surface area (Å²) in [6.45, 7) is 4.25. The molecule has 6 heteroatoms. The van der Waals surface area contributed by atoms with Gasteiger partial charge in [-0.3, -0.25) is 0 Å². The van der Waals surface area contributed by atoms with E-state index in [0.29, 0.717) is 23.0 Å². The number of likely N-dealkylation sites (tertiary alicyclic amines) is 1. The third-order valence-electron chi connectivity index (χ3n) is 3.80. The third kappa shape index (κ3) is 5.39. The molecule has 1 heterocycles. The lowest BCUT2D eigenvalue weighted by molar-refractivity contribution is 0.251. The fraction of sp³-hybridized carbons (Fsp3) is 0.562. The number of carbonyl (C=O) groups excluding carboxylic acids is 1. The molecular formula is C16H24ClN3O2. The first-order valence-electron chi connectivity index (χ1n) is 7.80. The molecule has 0 bridgehead atoms. The molecule has 2 rings (SSSR count). The monoisotopic (exact) mass is 325 g/mol. The zero-order chi connectivity index (χ0) is 15.8. The van der Waals surface area contributed by atoms with Crippen molar-refractivity contribution in [3.8, 4) is 5.75 Å². The van der Waals surface area contributed by atoms with Gasteiger partial charge in [0.15, 0.2) is 0 Å². The molecule has 0 atom stereocenters. The van der Waals surface area contributed by atoms with Gasteiger partial charge in [0.05, 0.1) is 12.8 Å². The molecule has 0 unspecified atom stereocenters. The van der Waals surface area contributed by atoms with Crippen molar-refractivity contribution in [1.29, 1.82) is 0 Å². The molecule has 5 nitrogen and oxygen atoms in total. The average molecular weight is 326 g/mol. The lowest BCUT2D eigenvalue weighted by Crippen LogP contribution is -2.30. The number of carbonyl (C=O) groups is 1. The molecule has 1 aromatic rings. The number of benzene rings is 1. The highest BCUT2D eigenvalue weighted by Gasteiger charge is 2.10. The van der Waals surface area contributed by atoms with Crippen LogP contribution < -0.4 is 15.4 Å². The smallest absolute Gasteiger partial charge is 0.319 e. The van der Waals surface area contributed by atoms with Crippen LogP contribution in [0.5, 0.6) is 5.75 Å². The maximum absolute atomic E-state index is 11.9. The van der Waals surface area contributed by atoms with Gasteiger partial charge in [0.2, 0.25) is 0 Å². The van der Waals surface area contributed by atoms with Crippen molar-refractivity contribution in [2.24, 2.45) is 0 Å². The van der Waals surface area contributed by atoms with Crippen LogP contribution in [0.4, 0.5) is 10.5 Å². The lowest BCUT2D eigenvalue weighted by atomic mass is 10.3.